The molecule has 1 aromatic heterocycles. The zero-order chi connectivity index (χ0) is 22.6. The first-order valence-electron chi connectivity index (χ1n) is 10.5. The largest absolute Gasteiger partial charge is 0.454 e. The van der Waals surface area contributed by atoms with Crippen LogP contribution in [0.3, 0.4) is 0 Å². The van der Waals surface area contributed by atoms with Gasteiger partial charge in [0.05, 0.1) is 35.4 Å². The molecule has 0 N–H and O–H groups in total. The second-order valence-electron chi connectivity index (χ2n) is 7.95. The number of morpholine rings is 1. The van der Waals surface area contributed by atoms with Crippen LogP contribution in [0.5, 0.6) is 11.5 Å². The predicted octanol–water partition coefficient (Wildman–Crippen LogP) is 2.66. The van der Waals surface area contributed by atoms with Crippen LogP contribution in [0.4, 0.5) is 5.95 Å². The van der Waals surface area contributed by atoms with E-state index in [0.29, 0.717) is 61.0 Å². The third kappa shape index (κ3) is 3.37. The molecule has 2 fully saturated rings. The molecule has 0 bridgehead atoms. The Balaban J connectivity index is 1.56. The minimum absolute atomic E-state index is 0.0856. The van der Waals surface area contributed by atoms with Crippen molar-refractivity contribution in [3.63, 3.8) is 0 Å². The molecular weight excluding hydrogens is 462 g/mol. The lowest BCUT2D eigenvalue weighted by molar-refractivity contribution is 0.122. The van der Waals surface area contributed by atoms with Crippen molar-refractivity contribution in [2.24, 2.45) is 0 Å². The molecule has 0 saturated carbocycles. The van der Waals surface area contributed by atoms with Crippen LogP contribution in [0.2, 0.25) is 0 Å². The summed E-state index contributed by atoms with van der Waals surface area (Å²) in [4.78, 5) is 2.15. The van der Waals surface area contributed by atoms with Gasteiger partial charge in [0.2, 0.25) is 5.95 Å². The second kappa shape index (κ2) is 7.76. The number of hydrogen-bond donors (Lipinski definition) is 0. The number of anilines is 1. The molecule has 168 valence electrons. The summed E-state index contributed by atoms with van der Waals surface area (Å²) in [5, 5.41) is 17.2. The Bertz CT molecular complexity index is 1390. The van der Waals surface area contributed by atoms with Crippen LogP contribution < -0.4 is 9.64 Å². The van der Waals surface area contributed by atoms with Crippen molar-refractivity contribution in [1.29, 1.82) is 5.26 Å². The fourth-order valence-corrected chi connectivity index (χ4v) is 6.96. The first-order valence-corrected chi connectivity index (χ1v) is 13.1. The maximum atomic E-state index is 13.3. The molecule has 0 amide bonds. The first kappa shape index (κ1) is 20.5. The predicted molar refractivity (Wildman–Crippen MR) is 123 cm³/mol. The van der Waals surface area contributed by atoms with Gasteiger partial charge in [0.25, 0.3) is 0 Å². The van der Waals surface area contributed by atoms with Gasteiger partial charge in [0.1, 0.15) is 5.75 Å². The van der Waals surface area contributed by atoms with Gasteiger partial charge in [-0.2, -0.15) is 17.0 Å². The SMILES string of the molecule is N#CC(C1CS1)S(=O)(=O)c1ccc2c(c1)-n1c(nnc1N1CCOCC1)-c1ccccc1O2. The van der Waals surface area contributed by atoms with E-state index < -0.39 is 15.1 Å². The van der Waals surface area contributed by atoms with Crippen molar-refractivity contribution in [2.45, 2.75) is 15.4 Å². The highest BCUT2D eigenvalue weighted by Crippen LogP contribution is 2.44. The molecule has 3 aliphatic heterocycles. The summed E-state index contributed by atoms with van der Waals surface area (Å²) in [6.07, 6.45) is 0. The number of para-hydroxylation sites is 1. The second-order valence-corrected chi connectivity index (χ2v) is 11.3. The highest BCUT2D eigenvalue weighted by Gasteiger charge is 2.42. The summed E-state index contributed by atoms with van der Waals surface area (Å²) < 4.78 is 40.2. The van der Waals surface area contributed by atoms with Gasteiger partial charge in [-0.25, -0.2) is 8.42 Å². The molecule has 9 nitrogen and oxygen atoms in total. The van der Waals surface area contributed by atoms with E-state index in [4.69, 9.17) is 9.47 Å². The molecule has 3 aromatic rings. The van der Waals surface area contributed by atoms with Crippen LogP contribution in [-0.2, 0) is 14.6 Å². The highest BCUT2D eigenvalue weighted by molar-refractivity contribution is 8.08. The summed E-state index contributed by atoms with van der Waals surface area (Å²) in [5.41, 5.74) is 1.28. The minimum Gasteiger partial charge on any atom is -0.454 e. The van der Waals surface area contributed by atoms with Crippen molar-refractivity contribution < 1.29 is 17.9 Å². The van der Waals surface area contributed by atoms with Crippen molar-refractivity contribution in [2.75, 3.05) is 37.0 Å². The zero-order valence-corrected chi connectivity index (χ0v) is 19.1. The van der Waals surface area contributed by atoms with Crippen molar-refractivity contribution >= 4 is 27.5 Å². The Morgan fingerprint density at radius 1 is 1.12 bits per heavy atom. The van der Waals surface area contributed by atoms with Crippen molar-refractivity contribution in [3.8, 4) is 34.6 Å². The molecule has 2 unspecified atom stereocenters. The number of fused-ring (bicyclic) bond motifs is 5. The Labute approximate surface area is 194 Å². The number of hydrogen-bond acceptors (Lipinski definition) is 9. The van der Waals surface area contributed by atoms with E-state index in [9.17, 15) is 13.7 Å². The van der Waals surface area contributed by atoms with Gasteiger partial charge in [0, 0.05) is 24.1 Å². The monoisotopic (exact) mass is 481 g/mol. The number of benzene rings is 2. The number of thioether (sulfide) groups is 1. The fourth-order valence-electron chi connectivity index (χ4n) is 4.16. The lowest BCUT2D eigenvalue weighted by Gasteiger charge is -2.28. The van der Waals surface area contributed by atoms with E-state index >= 15 is 0 Å². The Hall–Kier alpha value is -3.07. The molecule has 0 spiro atoms. The molecule has 6 rings (SSSR count). The maximum absolute atomic E-state index is 13.3. The van der Waals surface area contributed by atoms with Crippen LogP contribution >= 0.6 is 11.8 Å². The van der Waals surface area contributed by atoms with E-state index in [0.717, 1.165) is 5.56 Å². The Morgan fingerprint density at radius 3 is 2.67 bits per heavy atom. The van der Waals surface area contributed by atoms with E-state index in [1.165, 1.54) is 17.8 Å². The third-order valence-corrected chi connectivity index (χ3v) is 9.12. The zero-order valence-electron chi connectivity index (χ0n) is 17.4. The fraction of sp³-hybridized carbons (Fsp3) is 0.318. The van der Waals surface area contributed by atoms with E-state index in [2.05, 4.69) is 15.1 Å². The van der Waals surface area contributed by atoms with Gasteiger partial charge in [-0.15, -0.1) is 10.2 Å². The normalized spacial score (nSPS) is 19.8. The Kier molecular flexibility index (Phi) is 4.83. The van der Waals surface area contributed by atoms with E-state index in [1.54, 1.807) is 12.1 Å². The van der Waals surface area contributed by atoms with E-state index in [1.807, 2.05) is 34.9 Å². The van der Waals surface area contributed by atoms with Gasteiger partial charge in [-0.1, -0.05) is 12.1 Å². The van der Waals surface area contributed by atoms with Gasteiger partial charge >= 0.3 is 0 Å². The van der Waals surface area contributed by atoms with Crippen LogP contribution in [0.1, 0.15) is 0 Å². The van der Waals surface area contributed by atoms with E-state index in [-0.39, 0.29) is 10.1 Å². The molecule has 33 heavy (non-hydrogen) atoms. The summed E-state index contributed by atoms with van der Waals surface area (Å²) in [6.45, 7) is 2.42. The molecule has 4 heterocycles. The van der Waals surface area contributed by atoms with Gasteiger partial charge < -0.3 is 14.4 Å². The molecule has 0 aliphatic carbocycles. The van der Waals surface area contributed by atoms with Crippen LogP contribution in [0.15, 0.2) is 47.4 Å². The first-order chi connectivity index (χ1) is 16.1. The van der Waals surface area contributed by atoms with Crippen LogP contribution in [0.25, 0.3) is 17.1 Å². The summed E-state index contributed by atoms with van der Waals surface area (Å²) in [7, 11) is -3.85. The number of ether oxygens (including phenoxy) is 2. The van der Waals surface area contributed by atoms with Gasteiger partial charge in [-0.05, 0) is 30.3 Å². The Morgan fingerprint density at radius 2 is 1.91 bits per heavy atom. The molecule has 2 saturated heterocycles. The number of rotatable bonds is 4. The van der Waals surface area contributed by atoms with Gasteiger partial charge in [-0.3, -0.25) is 4.57 Å². The van der Waals surface area contributed by atoms with Crippen LogP contribution in [0, 0.1) is 11.3 Å². The maximum Gasteiger partial charge on any atom is 0.232 e. The topological polar surface area (TPSA) is 110 Å². The molecule has 2 aromatic carbocycles. The van der Waals surface area contributed by atoms with Gasteiger partial charge in [0.15, 0.2) is 26.7 Å². The lowest BCUT2D eigenvalue weighted by Crippen LogP contribution is -2.37. The molecule has 0 radical (unpaired) electrons. The number of nitrogens with zero attached hydrogens (tertiary/aromatic N) is 5. The smallest absolute Gasteiger partial charge is 0.232 e. The number of aromatic nitrogens is 3. The average Bonchev–Trinajstić information content (AvgIpc) is 3.59. The summed E-state index contributed by atoms with van der Waals surface area (Å²) in [6, 6.07) is 14.2. The quantitative estimate of drug-likeness (QED) is 0.406. The molecule has 2 atom stereocenters. The summed E-state index contributed by atoms with van der Waals surface area (Å²) in [5.74, 6) is 2.94. The lowest BCUT2D eigenvalue weighted by atomic mass is 10.2. The standard InChI is InChI=1S/C22H19N5O4S2/c23-12-20(19-13-32-19)33(28,29)14-5-6-18-16(11-14)27-21(15-3-1-2-4-17(15)31-18)24-25-22(27)26-7-9-30-10-8-26/h1-6,11,19-20H,7-10,13H2. The average molecular weight is 482 g/mol. The minimum atomic E-state index is -3.85. The number of sulfone groups is 1. The van der Waals surface area contributed by atoms with Crippen molar-refractivity contribution in [1.82, 2.24) is 14.8 Å². The number of nitriles is 1. The third-order valence-electron chi connectivity index (χ3n) is 5.95. The van der Waals surface area contributed by atoms with Crippen molar-refractivity contribution in [3.05, 3.63) is 42.5 Å². The van der Waals surface area contributed by atoms with Crippen LogP contribution in [-0.4, -0.2) is 65.7 Å². The molecule has 3 aliphatic rings. The molecular formula is C22H19N5O4S2. The summed E-state index contributed by atoms with van der Waals surface area (Å²) >= 11 is 1.49. The highest BCUT2D eigenvalue weighted by atomic mass is 32.2. The molecule has 11 heteroatoms.